The number of pyridine rings is 1. The number of piperidine rings is 1. The third-order valence-electron chi connectivity index (χ3n) is 5.50. The van der Waals surface area contributed by atoms with Crippen LogP contribution in [0.25, 0.3) is 22.3 Å². The summed E-state index contributed by atoms with van der Waals surface area (Å²) in [7, 11) is 0. The molecular weight excluding hydrogens is 496 g/mol. The number of halogens is 5. The lowest BCUT2D eigenvalue weighted by Gasteiger charge is -2.28. The maximum absolute atomic E-state index is 13.0. The van der Waals surface area contributed by atoms with E-state index in [9.17, 15) is 27.9 Å². The zero-order valence-electron chi connectivity index (χ0n) is 17.8. The fourth-order valence-corrected chi connectivity index (χ4v) is 3.81. The minimum atomic E-state index is -4.50. The number of rotatable bonds is 5. The van der Waals surface area contributed by atoms with Gasteiger partial charge < -0.3 is 10.4 Å². The lowest BCUT2D eigenvalue weighted by atomic mass is 9.97. The SMILES string of the molecule is Cl.Cl.O=C(C[C@H]1NCCC[C@@H]1O)Cn1cnc2ccc(-c3cccc(C(F)(F)F)c3)nc2c1=O. The largest absolute Gasteiger partial charge is 0.416 e. The molecule has 2 N–H and O–H groups in total. The number of benzene rings is 1. The second kappa shape index (κ2) is 11.3. The van der Waals surface area contributed by atoms with E-state index in [1.165, 1.54) is 30.6 Å². The van der Waals surface area contributed by atoms with Gasteiger partial charge in [0.2, 0.25) is 0 Å². The smallest absolute Gasteiger partial charge is 0.391 e. The molecule has 12 heteroatoms. The molecule has 184 valence electrons. The summed E-state index contributed by atoms with van der Waals surface area (Å²) >= 11 is 0. The van der Waals surface area contributed by atoms with Crippen molar-refractivity contribution in [1.82, 2.24) is 19.9 Å². The molecule has 34 heavy (non-hydrogen) atoms. The molecule has 2 atom stereocenters. The van der Waals surface area contributed by atoms with E-state index >= 15 is 0 Å². The predicted octanol–water partition coefficient (Wildman–Crippen LogP) is 3.39. The second-order valence-electron chi connectivity index (χ2n) is 7.83. The van der Waals surface area contributed by atoms with Gasteiger partial charge in [0.25, 0.3) is 5.56 Å². The number of carbonyl (C=O) groups excluding carboxylic acids is 1. The van der Waals surface area contributed by atoms with Crippen molar-refractivity contribution in [3.8, 4) is 11.3 Å². The number of aromatic nitrogens is 3. The van der Waals surface area contributed by atoms with Crippen LogP contribution < -0.4 is 10.9 Å². The number of Topliss-reactive ketones (excluding diaryl/α,β-unsaturated/α-hetero) is 1. The van der Waals surface area contributed by atoms with E-state index in [1.54, 1.807) is 0 Å². The molecule has 0 radical (unpaired) electrons. The number of aliphatic hydroxyl groups is 1. The standard InChI is InChI=1S/C22H21F3N4O3.2ClH/c23-22(24,25)14-4-1-3-13(9-14)16-6-7-17-20(28-16)21(32)29(12-27-17)11-15(30)10-18-19(31)5-2-8-26-18;;/h1,3-4,6-7,9,12,18-19,26,31H,2,5,8,10-11H2;2*1H/t18-,19+;;/m1../s1. The molecule has 0 bridgehead atoms. The van der Waals surface area contributed by atoms with Gasteiger partial charge >= 0.3 is 6.18 Å². The van der Waals surface area contributed by atoms with Gasteiger partial charge in [0.1, 0.15) is 0 Å². The molecule has 1 aliphatic rings. The summed E-state index contributed by atoms with van der Waals surface area (Å²) < 4.78 is 40.2. The molecule has 0 unspecified atom stereocenters. The highest BCUT2D eigenvalue weighted by molar-refractivity contribution is 5.85. The van der Waals surface area contributed by atoms with Crippen LogP contribution in [0, 0.1) is 0 Å². The fraction of sp³-hybridized carbons (Fsp3) is 0.364. The number of ketones is 1. The lowest BCUT2D eigenvalue weighted by molar-refractivity contribution is -0.137. The summed E-state index contributed by atoms with van der Waals surface area (Å²) in [5, 5.41) is 13.1. The topological polar surface area (TPSA) is 97.1 Å². The highest BCUT2D eigenvalue weighted by Crippen LogP contribution is 2.31. The molecule has 3 heterocycles. The zero-order chi connectivity index (χ0) is 22.9. The van der Waals surface area contributed by atoms with Gasteiger partial charge in [-0.25, -0.2) is 9.97 Å². The Bertz CT molecular complexity index is 1220. The van der Waals surface area contributed by atoms with E-state index in [0.29, 0.717) is 13.0 Å². The fourth-order valence-electron chi connectivity index (χ4n) is 3.81. The van der Waals surface area contributed by atoms with Gasteiger partial charge in [0, 0.05) is 18.0 Å². The number of carbonyl (C=O) groups is 1. The van der Waals surface area contributed by atoms with Crippen molar-refractivity contribution in [1.29, 1.82) is 0 Å². The average molecular weight is 519 g/mol. The third-order valence-corrected chi connectivity index (χ3v) is 5.50. The van der Waals surface area contributed by atoms with E-state index in [-0.39, 0.29) is 71.9 Å². The first-order valence-electron chi connectivity index (χ1n) is 10.2. The molecule has 0 aliphatic carbocycles. The monoisotopic (exact) mass is 518 g/mol. The molecule has 1 saturated heterocycles. The number of hydrogen-bond acceptors (Lipinski definition) is 6. The lowest BCUT2D eigenvalue weighted by Crippen LogP contribution is -2.46. The van der Waals surface area contributed by atoms with Gasteiger partial charge in [-0.05, 0) is 43.7 Å². The average Bonchev–Trinajstić information content (AvgIpc) is 2.77. The Morgan fingerprint density at radius 1 is 1.21 bits per heavy atom. The van der Waals surface area contributed by atoms with Crippen molar-refractivity contribution in [3.05, 3.63) is 58.6 Å². The van der Waals surface area contributed by atoms with Crippen molar-refractivity contribution in [2.45, 2.75) is 44.1 Å². The molecule has 4 rings (SSSR count). The van der Waals surface area contributed by atoms with Gasteiger partial charge in [-0.1, -0.05) is 12.1 Å². The second-order valence-corrected chi connectivity index (χ2v) is 7.83. The summed E-state index contributed by atoms with van der Waals surface area (Å²) in [4.78, 5) is 33.8. The minimum Gasteiger partial charge on any atom is -0.391 e. The molecule has 1 aliphatic heterocycles. The Hall–Kier alpha value is -2.53. The molecule has 0 spiro atoms. The Morgan fingerprint density at radius 2 is 1.97 bits per heavy atom. The van der Waals surface area contributed by atoms with Gasteiger partial charge in [-0.15, -0.1) is 24.8 Å². The Morgan fingerprint density at radius 3 is 2.68 bits per heavy atom. The summed E-state index contributed by atoms with van der Waals surface area (Å²) in [6.45, 7) is 0.483. The van der Waals surface area contributed by atoms with Crippen LogP contribution in [0.15, 0.2) is 47.5 Å². The maximum Gasteiger partial charge on any atom is 0.416 e. The van der Waals surface area contributed by atoms with Crippen LogP contribution in [0.4, 0.5) is 13.2 Å². The number of nitrogens with one attached hydrogen (secondary N) is 1. The van der Waals surface area contributed by atoms with Crippen molar-refractivity contribution in [2.24, 2.45) is 0 Å². The molecule has 0 saturated carbocycles. The van der Waals surface area contributed by atoms with Crippen LogP contribution in [-0.2, 0) is 17.5 Å². The molecule has 2 aromatic heterocycles. The van der Waals surface area contributed by atoms with Gasteiger partial charge in [0.15, 0.2) is 11.3 Å². The number of hydrogen-bond donors (Lipinski definition) is 2. The van der Waals surface area contributed by atoms with Crippen molar-refractivity contribution in [2.75, 3.05) is 6.54 Å². The molecule has 1 aromatic carbocycles. The maximum atomic E-state index is 13.0. The molecule has 7 nitrogen and oxygen atoms in total. The number of nitrogens with zero attached hydrogens (tertiary/aromatic N) is 3. The van der Waals surface area contributed by atoms with Gasteiger partial charge in [-0.2, -0.15) is 13.2 Å². The van der Waals surface area contributed by atoms with Gasteiger partial charge in [-0.3, -0.25) is 14.2 Å². The van der Waals surface area contributed by atoms with Crippen molar-refractivity contribution >= 4 is 41.6 Å². The highest BCUT2D eigenvalue weighted by atomic mass is 35.5. The molecule has 3 aromatic rings. The number of alkyl halides is 3. The Balaban J connectivity index is 0.00000204. The van der Waals surface area contributed by atoms with E-state index in [4.69, 9.17) is 0 Å². The van der Waals surface area contributed by atoms with Crippen LogP contribution in [0.1, 0.15) is 24.8 Å². The Labute approximate surface area is 205 Å². The quantitative estimate of drug-likeness (QED) is 0.537. The molecular formula is C22H23Cl2F3N4O3. The predicted molar refractivity (Wildman–Crippen MR) is 125 cm³/mol. The van der Waals surface area contributed by atoms with Crippen molar-refractivity contribution in [3.63, 3.8) is 0 Å². The first kappa shape index (κ1) is 27.7. The molecule has 0 amide bonds. The van der Waals surface area contributed by atoms with Crippen molar-refractivity contribution < 1.29 is 23.1 Å². The van der Waals surface area contributed by atoms with Crippen LogP contribution >= 0.6 is 24.8 Å². The first-order chi connectivity index (χ1) is 15.2. The minimum absolute atomic E-state index is 0. The Kier molecular flexibility index (Phi) is 9.18. The van der Waals surface area contributed by atoms with Crippen LogP contribution in [-0.4, -0.2) is 44.1 Å². The normalized spacial score (nSPS) is 18.1. The van der Waals surface area contributed by atoms with Crippen LogP contribution in [0.2, 0.25) is 0 Å². The third kappa shape index (κ3) is 6.12. The number of aliphatic hydroxyl groups excluding tert-OH is 1. The summed E-state index contributed by atoms with van der Waals surface area (Å²) in [6.07, 6.45) is -2.34. The van der Waals surface area contributed by atoms with Crippen LogP contribution in [0.5, 0.6) is 0 Å². The summed E-state index contributed by atoms with van der Waals surface area (Å²) in [5.74, 6) is -0.249. The van der Waals surface area contributed by atoms with Crippen LogP contribution in [0.3, 0.4) is 0 Å². The van der Waals surface area contributed by atoms with E-state index < -0.39 is 23.4 Å². The summed E-state index contributed by atoms with van der Waals surface area (Å²) in [6, 6.07) is 7.33. The first-order valence-corrected chi connectivity index (χ1v) is 10.2. The van der Waals surface area contributed by atoms with Gasteiger partial charge in [0.05, 0.1) is 35.8 Å². The number of fused-ring (bicyclic) bond motifs is 1. The van der Waals surface area contributed by atoms with E-state index in [1.807, 2.05) is 0 Å². The summed E-state index contributed by atoms with van der Waals surface area (Å²) in [5.41, 5.74) is -0.727. The van der Waals surface area contributed by atoms with E-state index in [0.717, 1.165) is 23.1 Å². The van der Waals surface area contributed by atoms with E-state index in [2.05, 4.69) is 15.3 Å². The molecule has 1 fully saturated rings. The highest BCUT2D eigenvalue weighted by Gasteiger charge is 2.30. The zero-order valence-corrected chi connectivity index (χ0v) is 19.4.